The Balaban J connectivity index is 1.38. The third-order valence-corrected chi connectivity index (χ3v) is 4.59. The van der Waals surface area contributed by atoms with Crippen LogP contribution in [0.1, 0.15) is 30.4 Å². The average molecular weight is 302 g/mol. The summed E-state index contributed by atoms with van der Waals surface area (Å²) >= 11 is 0. The first-order valence-corrected chi connectivity index (χ1v) is 8.50. The molecule has 4 heteroatoms. The lowest BCUT2D eigenvalue weighted by atomic mass is 9.91. The molecule has 1 aliphatic carbocycles. The van der Waals surface area contributed by atoms with Crippen LogP contribution in [0.15, 0.2) is 18.2 Å². The molecule has 1 N–H and O–H groups in total. The van der Waals surface area contributed by atoms with Crippen LogP contribution in [0.3, 0.4) is 0 Å². The summed E-state index contributed by atoms with van der Waals surface area (Å²) in [6, 6.07) is 6.23. The van der Waals surface area contributed by atoms with Gasteiger partial charge < -0.3 is 15.0 Å². The summed E-state index contributed by atoms with van der Waals surface area (Å²) in [6.07, 6.45) is 4.43. The number of carbonyl (C=O) groups excluding carboxylic acids is 1. The van der Waals surface area contributed by atoms with Gasteiger partial charge in [-0.15, -0.1) is 0 Å². The number of ketones is 1. The third kappa shape index (κ3) is 4.31. The maximum absolute atomic E-state index is 11.5. The van der Waals surface area contributed by atoms with Gasteiger partial charge in [-0.1, -0.05) is 6.07 Å². The third-order valence-electron chi connectivity index (χ3n) is 4.59. The number of benzene rings is 1. The Morgan fingerprint density at radius 2 is 1.95 bits per heavy atom. The van der Waals surface area contributed by atoms with Crippen molar-refractivity contribution in [3.05, 3.63) is 29.3 Å². The number of piperazine rings is 1. The number of ether oxygens (including phenoxy) is 1. The first kappa shape index (κ1) is 15.5. The van der Waals surface area contributed by atoms with Gasteiger partial charge in [-0.2, -0.15) is 0 Å². The highest BCUT2D eigenvalue weighted by molar-refractivity contribution is 5.83. The number of fused-ring (bicyclic) bond motifs is 1. The van der Waals surface area contributed by atoms with Crippen LogP contribution < -0.4 is 10.1 Å². The molecule has 1 fully saturated rings. The number of hydrogen-bond donors (Lipinski definition) is 1. The Morgan fingerprint density at radius 3 is 2.82 bits per heavy atom. The highest BCUT2D eigenvalue weighted by atomic mass is 16.5. The lowest BCUT2D eigenvalue weighted by Crippen LogP contribution is -2.43. The van der Waals surface area contributed by atoms with Crippen LogP contribution in [0.25, 0.3) is 0 Å². The molecule has 3 rings (SSSR count). The summed E-state index contributed by atoms with van der Waals surface area (Å²) in [4.78, 5) is 14.1. The molecule has 2 aliphatic rings. The van der Waals surface area contributed by atoms with E-state index in [9.17, 15) is 4.79 Å². The number of hydrogen-bond acceptors (Lipinski definition) is 4. The maximum atomic E-state index is 11.5. The Labute approximate surface area is 132 Å². The Hall–Kier alpha value is -1.39. The number of carbonyl (C=O) groups is 1. The van der Waals surface area contributed by atoms with Gasteiger partial charge in [0.05, 0.1) is 6.61 Å². The topological polar surface area (TPSA) is 41.6 Å². The van der Waals surface area contributed by atoms with Crippen LogP contribution >= 0.6 is 0 Å². The smallest absolute Gasteiger partial charge is 0.137 e. The van der Waals surface area contributed by atoms with Crippen LogP contribution in [-0.4, -0.2) is 50.0 Å². The first-order chi connectivity index (χ1) is 10.8. The molecule has 1 aromatic carbocycles. The largest absolute Gasteiger partial charge is 0.494 e. The summed E-state index contributed by atoms with van der Waals surface area (Å²) in [5, 5.41) is 3.38. The summed E-state index contributed by atoms with van der Waals surface area (Å²) in [5.74, 6) is 1.26. The quantitative estimate of drug-likeness (QED) is 0.814. The van der Waals surface area contributed by atoms with Gasteiger partial charge in [0.1, 0.15) is 11.5 Å². The molecule has 0 radical (unpaired) electrons. The number of unbranched alkanes of at least 4 members (excludes halogenated alkanes) is 1. The van der Waals surface area contributed by atoms with Crippen molar-refractivity contribution in [2.24, 2.45) is 0 Å². The van der Waals surface area contributed by atoms with Crippen molar-refractivity contribution in [3.63, 3.8) is 0 Å². The standard InChI is InChI=1S/C18H26N2O2/c21-17-5-3-15-4-6-18(14-16(15)13-17)22-12-2-1-9-20-10-7-19-8-11-20/h4,6,14,19H,1-3,5,7-13H2. The molecule has 22 heavy (non-hydrogen) atoms. The summed E-state index contributed by atoms with van der Waals surface area (Å²) in [6.45, 7) is 6.50. The molecule has 120 valence electrons. The molecule has 0 unspecified atom stereocenters. The number of rotatable bonds is 6. The van der Waals surface area contributed by atoms with E-state index in [0.717, 1.165) is 43.9 Å². The average Bonchev–Trinajstić information content (AvgIpc) is 2.55. The van der Waals surface area contributed by atoms with Gasteiger partial charge in [0.2, 0.25) is 0 Å². The number of nitrogens with zero attached hydrogens (tertiary/aromatic N) is 1. The van der Waals surface area contributed by atoms with Crippen molar-refractivity contribution in [3.8, 4) is 5.75 Å². The predicted octanol–water partition coefficient (Wildman–Crippen LogP) is 1.81. The van der Waals surface area contributed by atoms with Crippen molar-refractivity contribution in [1.29, 1.82) is 0 Å². The van der Waals surface area contributed by atoms with Gasteiger partial charge in [0.25, 0.3) is 0 Å². The van der Waals surface area contributed by atoms with Crippen molar-refractivity contribution >= 4 is 5.78 Å². The molecule has 1 heterocycles. The number of Topliss-reactive ketones (excluding diaryl/α,β-unsaturated/α-hetero) is 1. The summed E-state index contributed by atoms with van der Waals surface area (Å²) in [5.41, 5.74) is 2.47. The van der Waals surface area contributed by atoms with Gasteiger partial charge in [-0.05, 0) is 49.1 Å². The highest BCUT2D eigenvalue weighted by Crippen LogP contribution is 2.24. The van der Waals surface area contributed by atoms with E-state index in [1.165, 1.54) is 31.6 Å². The molecule has 1 aliphatic heterocycles. The fourth-order valence-corrected chi connectivity index (χ4v) is 3.24. The van der Waals surface area contributed by atoms with Crippen molar-refractivity contribution in [2.75, 3.05) is 39.3 Å². The molecule has 4 nitrogen and oxygen atoms in total. The summed E-state index contributed by atoms with van der Waals surface area (Å²) < 4.78 is 5.85. The van der Waals surface area contributed by atoms with Crippen molar-refractivity contribution in [1.82, 2.24) is 10.2 Å². The minimum absolute atomic E-state index is 0.348. The predicted molar refractivity (Wildman–Crippen MR) is 87.5 cm³/mol. The molecule has 0 bridgehead atoms. The maximum Gasteiger partial charge on any atom is 0.137 e. The van der Waals surface area contributed by atoms with Crippen LogP contribution in [0.4, 0.5) is 0 Å². The Morgan fingerprint density at radius 1 is 1.09 bits per heavy atom. The fraction of sp³-hybridized carbons (Fsp3) is 0.611. The SMILES string of the molecule is O=C1CCc2ccc(OCCCCN3CCNCC3)cc2C1. The van der Waals surface area contributed by atoms with Gasteiger partial charge in [-0.3, -0.25) is 4.79 Å². The monoisotopic (exact) mass is 302 g/mol. The van der Waals surface area contributed by atoms with E-state index in [-0.39, 0.29) is 0 Å². The lowest BCUT2D eigenvalue weighted by Gasteiger charge is -2.27. The molecule has 0 atom stereocenters. The minimum Gasteiger partial charge on any atom is -0.494 e. The van der Waals surface area contributed by atoms with Crippen molar-refractivity contribution in [2.45, 2.75) is 32.1 Å². The van der Waals surface area contributed by atoms with Crippen LogP contribution in [-0.2, 0) is 17.6 Å². The molecule has 0 saturated carbocycles. The molecular formula is C18H26N2O2. The van der Waals surface area contributed by atoms with E-state index in [1.807, 2.05) is 6.07 Å². The highest BCUT2D eigenvalue weighted by Gasteiger charge is 2.15. The number of nitrogens with one attached hydrogen (secondary N) is 1. The van der Waals surface area contributed by atoms with E-state index in [1.54, 1.807) is 0 Å². The molecule has 0 aromatic heterocycles. The molecule has 1 aromatic rings. The fourth-order valence-electron chi connectivity index (χ4n) is 3.24. The van der Waals surface area contributed by atoms with Crippen LogP contribution in [0.2, 0.25) is 0 Å². The normalized spacial score (nSPS) is 19.0. The van der Waals surface area contributed by atoms with E-state index >= 15 is 0 Å². The van der Waals surface area contributed by atoms with Gasteiger partial charge in [0, 0.05) is 39.0 Å². The van der Waals surface area contributed by atoms with Crippen LogP contribution in [0.5, 0.6) is 5.75 Å². The second-order valence-corrected chi connectivity index (χ2v) is 6.29. The Kier molecular flexibility index (Phi) is 5.46. The second kappa shape index (κ2) is 7.75. The van der Waals surface area contributed by atoms with E-state index in [0.29, 0.717) is 18.6 Å². The zero-order valence-corrected chi connectivity index (χ0v) is 13.3. The van der Waals surface area contributed by atoms with E-state index in [2.05, 4.69) is 22.3 Å². The molecule has 0 spiro atoms. The van der Waals surface area contributed by atoms with Gasteiger partial charge in [-0.25, -0.2) is 0 Å². The van der Waals surface area contributed by atoms with Gasteiger partial charge in [0.15, 0.2) is 0 Å². The lowest BCUT2D eigenvalue weighted by molar-refractivity contribution is -0.118. The molecule has 1 saturated heterocycles. The van der Waals surface area contributed by atoms with Crippen molar-refractivity contribution < 1.29 is 9.53 Å². The Bertz CT molecular complexity index is 510. The zero-order valence-electron chi connectivity index (χ0n) is 13.3. The first-order valence-electron chi connectivity index (χ1n) is 8.50. The zero-order chi connectivity index (χ0) is 15.2. The molecule has 0 amide bonds. The molecular weight excluding hydrogens is 276 g/mol. The van der Waals surface area contributed by atoms with Crippen LogP contribution in [0, 0.1) is 0 Å². The van der Waals surface area contributed by atoms with E-state index < -0.39 is 0 Å². The number of aryl methyl sites for hydroxylation is 1. The van der Waals surface area contributed by atoms with Gasteiger partial charge >= 0.3 is 0 Å². The second-order valence-electron chi connectivity index (χ2n) is 6.29. The van der Waals surface area contributed by atoms with E-state index in [4.69, 9.17) is 4.74 Å². The minimum atomic E-state index is 0.348. The summed E-state index contributed by atoms with van der Waals surface area (Å²) in [7, 11) is 0.